The molecule has 1 aromatic carbocycles. The lowest BCUT2D eigenvalue weighted by Gasteiger charge is -2.11. The number of rotatable bonds is 5. The summed E-state index contributed by atoms with van der Waals surface area (Å²) >= 11 is 0. The molecular formula is C11H14O4. The molecule has 0 amide bonds. The SMILES string of the molecule is Cc1ccccc1OCC(O)CC(=O)O. The first-order valence-corrected chi connectivity index (χ1v) is 4.68. The molecule has 82 valence electrons. The van der Waals surface area contributed by atoms with E-state index < -0.39 is 12.1 Å². The molecule has 15 heavy (non-hydrogen) atoms. The summed E-state index contributed by atoms with van der Waals surface area (Å²) in [7, 11) is 0. The molecule has 4 heteroatoms. The normalized spacial score (nSPS) is 12.1. The highest BCUT2D eigenvalue weighted by Crippen LogP contribution is 2.16. The Morgan fingerprint density at radius 1 is 1.47 bits per heavy atom. The van der Waals surface area contributed by atoms with Crippen LogP contribution in [-0.2, 0) is 4.79 Å². The molecule has 0 radical (unpaired) electrons. The zero-order valence-corrected chi connectivity index (χ0v) is 8.51. The Morgan fingerprint density at radius 3 is 2.73 bits per heavy atom. The van der Waals surface area contributed by atoms with Gasteiger partial charge in [0, 0.05) is 0 Å². The van der Waals surface area contributed by atoms with Crippen molar-refractivity contribution >= 4 is 5.97 Å². The molecule has 0 heterocycles. The maximum Gasteiger partial charge on any atom is 0.306 e. The first kappa shape index (κ1) is 11.5. The molecule has 0 aliphatic carbocycles. The number of benzene rings is 1. The molecule has 0 saturated carbocycles. The minimum Gasteiger partial charge on any atom is -0.491 e. The molecule has 0 saturated heterocycles. The Kier molecular flexibility index (Phi) is 4.12. The summed E-state index contributed by atoms with van der Waals surface area (Å²) in [6.07, 6.45) is -1.27. The summed E-state index contributed by atoms with van der Waals surface area (Å²) < 4.78 is 5.29. The van der Waals surface area contributed by atoms with Crippen molar-refractivity contribution in [1.29, 1.82) is 0 Å². The maximum absolute atomic E-state index is 10.3. The highest BCUT2D eigenvalue weighted by molar-refractivity contribution is 5.67. The number of aryl methyl sites for hydroxylation is 1. The van der Waals surface area contributed by atoms with E-state index in [2.05, 4.69) is 0 Å². The number of aliphatic hydroxyl groups is 1. The van der Waals surface area contributed by atoms with Gasteiger partial charge in [-0.1, -0.05) is 18.2 Å². The smallest absolute Gasteiger partial charge is 0.306 e. The van der Waals surface area contributed by atoms with Gasteiger partial charge in [-0.3, -0.25) is 4.79 Å². The second-order valence-electron chi connectivity index (χ2n) is 3.33. The molecule has 0 aliphatic rings. The third kappa shape index (κ3) is 3.99. The molecule has 0 bridgehead atoms. The number of aliphatic carboxylic acids is 1. The number of carboxylic acids is 1. The fraction of sp³-hybridized carbons (Fsp3) is 0.364. The van der Waals surface area contributed by atoms with E-state index in [0.717, 1.165) is 5.56 Å². The molecule has 1 unspecified atom stereocenters. The maximum atomic E-state index is 10.3. The predicted octanol–water partition coefficient (Wildman–Crippen LogP) is 1.21. The van der Waals surface area contributed by atoms with Gasteiger partial charge >= 0.3 is 5.97 Å². The first-order valence-electron chi connectivity index (χ1n) is 4.68. The van der Waals surface area contributed by atoms with Crippen molar-refractivity contribution in [2.45, 2.75) is 19.4 Å². The summed E-state index contributed by atoms with van der Waals surface area (Å²) in [5, 5.41) is 17.7. The number of hydrogen-bond donors (Lipinski definition) is 2. The van der Waals surface area contributed by atoms with E-state index in [0.29, 0.717) is 5.75 Å². The standard InChI is InChI=1S/C11H14O4/c1-8-4-2-3-5-10(8)15-7-9(12)6-11(13)14/h2-5,9,12H,6-7H2,1H3,(H,13,14). The third-order valence-corrected chi connectivity index (χ3v) is 1.94. The van der Waals surface area contributed by atoms with Gasteiger partial charge in [0.15, 0.2) is 0 Å². The van der Waals surface area contributed by atoms with Gasteiger partial charge in [-0.05, 0) is 18.6 Å². The van der Waals surface area contributed by atoms with E-state index >= 15 is 0 Å². The molecule has 0 aromatic heterocycles. The number of ether oxygens (including phenoxy) is 1. The molecule has 4 nitrogen and oxygen atoms in total. The Morgan fingerprint density at radius 2 is 2.13 bits per heavy atom. The lowest BCUT2D eigenvalue weighted by molar-refractivity contribution is -0.139. The Hall–Kier alpha value is -1.55. The van der Waals surface area contributed by atoms with Crippen LogP contribution < -0.4 is 4.74 Å². The van der Waals surface area contributed by atoms with Gasteiger partial charge in [-0.15, -0.1) is 0 Å². The van der Waals surface area contributed by atoms with Crippen LogP contribution in [0.5, 0.6) is 5.75 Å². The molecule has 0 spiro atoms. The zero-order chi connectivity index (χ0) is 11.3. The van der Waals surface area contributed by atoms with Gasteiger partial charge < -0.3 is 14.9 Å². The van der Waals surface area contributed by atoms with Crippen LogP contribution in [0.3, 0.4) is 0 Å². The molecule has 1 atom stereocenters. The van der Waals surface area contributed by atoms with Crippen LogP contribution in [0.2, 0.25) is 0 Å². The Bertz CT molecular complexity index is 335. The Labute approximate surface area is 88.1 Å². The largest absolute Gasteiger partial charge is 0.491 e. The monoisotopic (exact) mass is 210 g/mol. The fourth-order valence-electron chi connectivity index (χ4n) is 1.16. The second kappa shape index (κ2) is 5.36. The number of hydrogen-bond acceptors (Lipinski definition) is 3. The van der Waals surface area contributed by atoms with E-state index in [1.54, 1.807) is 6.07 Å². The van der Waals surface area contributed by atoms with Gasteiger partial charge in [0.05, 0.1) is 12.5 Å². The molecular weight excluding hydrogens is 196 g/mol. The van der Waals surface area contributed by atoms with Crippen molar-refractivity contribution in [3.05, 3.63) is 29.8 Å². The summed E-state index contributed by atoms with van der Waals surface area (Å²) in [6.45, 7) is 1.88. The number of carboxylic acid groups (broad SMARTS) is 1. The second-order valence-corrected chi connectivity index (χ2v) is 3.33. The topological polar surface area (TPSA) is 66.8 Å². The predicted molar refractivity (Wildman–Crippen MR) is 54.9 cm³/mol. The van der Waals surface area contributed by atoms with Crippen molar-refractivity contribution in [1.82, 2.24) is 0 Å². The fourth-order valence-corrected chi connectivity index (χ4v) is 1.16. The van der Waals surface area contributed by atoms with Crippen LogP contribution in [0.25, 0.3) is 0 Å². The van der Waals surface area contributed by atoms with Crippen LogP contribution in [-0.4, -0.2) is 28.9 Å². The lowest BCUT2D eigenvalue weighted by Crippen LogP contribution is -2.21. The van der Waals surface area contributed by atoms with Crippen molar-refractivity contribution < 1.29 is 19.7 Å². The van der Waals surface area contributed by atoms with E-state index in [1.165, 1.54) is 0 Å². The average molecular weight is 210 g/mol. The molecule has 1 rings (SSSR count). The van der Waals surface area contributed by atoms with E-state index in [-0.39, 0.29) is 13.0 Å². The van der Waals surface area contributed by atoms with Crippen LogP contribution in [0.15, 0.2) is 24.3 Å². The highest BCUT2D eigenvalue weighted by Gasteiger charge is 2.10. The number of para-hydroxylation sites is 1. The van der Waals surface area contributed by atoms with E-state index in [4.69, 9.17) is 9.84 Å². The number of aliphatic hydroxyl groups excluding tert-OH is 1. The number of carbonyl (C=O) groups is 1. The Balaban J connectivity index is 2.43. The van der Waals surface area contributed by atoms with Crippen molar-refractivity contribution in [3.63, 3.8) is 0 Å². The highest BCUT2D eigenvalue weighted by atomic mass is 16.5. The van der Waals surface area contributed by atoms with E-state index in [9.17, 15) is 9.90 Å². The van der Waals surface area contributed by atoms with Gasteiger partial charge in [0.25, 0.3) is 0 Å². The van der Waals surface area contributed by atoms with E-state index in [1.807, 2.05) is 25.1 Å². The van der Waals surface area contributed by atoms with Crippen LogP contribution in [0, 0.1) is 6.92 Å². The summed E-state index contributed by atoms with van der Waals surface area (Å²) in [4.78, 5) is 10.3. The van der Waals surface area contributed by atoms with Gasteiger partial charge in [0.2, 0.25) is 0 Å². The lowest BCUT2D eigenvalue weighted by atomic mass is 10.2. The summed E-state index contributed by atoms with van der Waals surface area (Å²) in [5.41, 5.74) is 0.958. The first-order chi connectivity index (χ1) is 7.09. The van der Waals surface area contributed by atoms with Crippen LogP contribution in [0.4, 0.5) is 0 Å². The summed E-state index contributed by atoms with van der Waals surface area (Å²) in [6, 6.07) is 7.38. The molecule has 1 aromatic rings. The van der Waals surface area contributed by atoms with Crippen LogP contribution >= 0.6 is 0 Å². The van der Waals surface area contributed by atoms with Crippen molar-refractivity contribution in [3.8, 4) is 5.75 Å². The van der Waals surface area contributed by atoms with Gasteiger partial charge in [0.1, 0.15) is 12.4 Å². The average Bonchev–Trinajstić information content (AvgIpc) is 2.15. The quantitative estimate of drug-likeness (QED) is 0.766. The van der Waals surface area contributed by atoms with Gasteiger partial charge in [-0.2, -0.15) is 0 Å². The minimum atomic E-state index is -1.03. The molecule has 0 fully saturated rings. The minimum absolute atomic E-state index is 0.00282. The van der Waals surface area contributed by atoms with Crippen molar-refractivity contribution in [2.24, 2.45) is 0 Å². The third-order valence-electron chi connectivity index (χ3n) is 1.94. The van der Waals surface area contributed by atoms with Crippen molar-refractivity contribution in [2.75, 3.05) is 6.61 Å². The van der Waals surface area contributed by atoms with Crippen LogP contribution in [0.1, 0.15) is 12.0 Å². The molecule has 2 N–H and O–H groups in total. The zero-order valence-electron chi connectivity index (χ0n) is 8.51. The van der Waals surface area contributed by atoms with Gasteiger partial charge in [-0.25, -0.2) is 0 Å². The summed E-state index contributed by atoms with van der Waals surface area (Å²) in [5.74, 6) is -0.363. The molecule has 0 aliphatic heterocycles.